The molecule has 0 radical (unpaired) electrons. The van der Waals surface area contributed by atoms with Gasteiger partial charge in [0.15, 0.2) is 9.84 Å². The number of carbonyl (C=O) groups is 3. The van der Waals surface area contributed by atoms with Crippen LogP contribution in [0.3, 0.4) is 0 Å². The van der Waals surface area contributed by atoms with E-state index < -0.39 is 52.0 Å². The van der Waals surface area contributed by atoms with Crippen LogP contribution < -0.4 is 5.32 Å². The lowest BCUT2D eigenvalue weighted by Gasteiger charge is -2.27. The van der Waals surface area contributed by atoms with E-state index in [4.69, 9.17) is 11.6 Å². The number of carbonyl (C=O) groups excluding carboxylic acids is 2. The Morgan fingerprint density at radius 3 is 2.09 bits per heavy atom. The molecule has 170 valence electrons. The Kier molecular flexibility index (Phi) is 6.90. The number of imide groups is 1. The largest absolute Gasteiger partial charge is 0.481 e. The standard InChI is InChI=1S/C22H23ClN2O6S/c1-13(2)19-20(26)24-22(29)25(19)11-16(21(27)28)12-32(30,31)18-9-5-15(6-10-18)14-3-7-17(23)8-4-14/h3-10,13,16,19H,11-12H2,1-2H3,(H,27,28)(H,24,26,29). The van der Waals surface area contributed by atoms with E-state index in [2.05, 4.69) is 5.32 Å². The number of urea groups is 1. The molecule has 2 aromatic rings. The molecule has 1 saturated heterocycles. The van der Waals surface area contributed by atoms with Crippen LogP contribution in [0.1, 0.15) is 13.8 Å². The van der Waals surface area contributed by atoms with Crippen LogP contribution in [0.5, 0.6) is 0 Å². The van der Waals surface area contributed by atoms with Crippen molar-refractivity contribution in [3.05, 3.63) is 53.6 Å². The summed E-state index contributed by atoms with van der Waals surface area (Å²) in [5.74, 6) is -4.23. The van der Waals surface area contributed by atoms with Crippen molar-refractivity contribution in [2.75, 3.05) is 12.3 Å². The molecule has 2 N–H and O–H groups in total. The van der Waals surface area contributed by atoms with Gasteiger partial charge in [-0.15, -0.1) is 0 Å². The number of carboxylic acids is 1. The van der Waals surface area contributed by atoms with Crippen LogP contribution in [-0.4, -0.2) is 54.7 Å². The minimum absolute atomic E-state index is 0.0242. The van der Waals surface area contributed by atoms with Crippen LogP contribution in [0.2, 0.25) is 5.02 Å². The summed E-state index contributed by atoms with van der Waals surface area (Å²) in [6.07, 6.45) is 0. The molecule has 0 aromatic heterocycles. The highest BCUT2D eigenvalue weighted by atomic mass is 35.5. The number of amides is 3. The molecule has 0 aliphatic carbocycles. The molecule has 1 aliphatic rings. The van der Waals surface area contributed by atoms with Crippen LogP contribution in [0, 0.1) is 11.8 Å². The maximum atomic E-state index is 12.9. The van der Waals surface area contributed by atoms with Gasteiger partial charge in [0.25, 0.3) is 5.91 Å². The first-order valence-electron chi connectivity index (χ1n) is 9.92. The van der Waals surface area contributed by atoms with Crippen LogP contribution >= 0.6 is 11.6 Å². The highest BCUT2D eigenvalue weighted by Crippen LogP contribution is 2.25. The summed E-state index contributed by atoms with van der Waals surface area (Å²) < 4.78 is 25.8. The minimum atomic E-state index is -3.97. The molecule has 2 unspecified atom stereocenters. The smallest absolute Gasteiger partial charge is 0.324 e. The summed E-state index contributed by atoms with van der Waals surface area (Å²) in [6, 6.07) is 11.6. The van der Waals surface area contributed by atoms with E-state index in [0.717, 1.165) is 16.0 Å². The summed E-state index contributed by atoms with van der Waals surface area (Å²) in [7, 11) is -3.97. The number of carboxylic acid groups (broad SMARTS) is 1. The zero-order chi connectivity index (χ0) is 23.6. The fourth-order valence-corrected chi connectivity index (χ4v) is 5.32. The van der Waals surface area contributed by atoms with Crippen molar-refractivity contribution in [3.8, 4) is 11.1 Å². The maximum absolute atomic E-state index is 12.9. The third kappa shape index (κ3) is 5.11. The van der Waals surface area contributed by atoms with Crippen LogP contribution in [0.15, 0.2) is 53.4 Å². The molecule has 3 amide bonds. The number of benzene rings is 2. The molecule has 10 heteroatoms. The number of nitrogens with zero attached hydrogens (tertiary/aromatic N) is 1. The fraction of sp³-hybridized carbons (Fsp3) is 0.318. The molecule has 0 saturated carbocycles. The number of nitrogens with one attached hydrogen (secondary N) is 1. The second-order valence-corrected chi connectivity index (χ2v) is 10.5. The van der Waals surface area contributed by atoms with Gasteiger partial charge in [-0.05, 0) is 41.3 Å². The number of hydrogen-bond acceptors (Lipinski definition) is 5. The minimum Gasteiger partial charge on any atom is -0.481 e. The summed E-state index contributed by atoms with van der Waals surface area (Å²) in [5, 5.41) is 12.4. The lowest BCUT2D eigenvalue weighted by Crippen LogP contribution is -2.44. The first kappa shape index (κ1) is 23.7. The van der Waals surface area contributed by atoms with Crippen molar-refractivity contribution in [2.45, 2.75) is 24.8 Å². The summed E-state index contributed by atoms with van der Waals surface area (Å²) in [6.45, 7) is 3.06. The predicted octanol–water partition coefficient (Wildman–Crippen LogP) is 3.06. The average molecular weight is 479 g/mol. The van der Waals surface area contributed by atoms with Gasteiger partial charge in [-0.2, -0.15) is 0 Å². The van der Waals surface area contributed by atoms with Gasteiger partial charge < -0.3 is 10.0 Å². The Morgan fingerprint density at radius 2 is 1.59 bits per heavy atom. The second kappa shape index (κ2) is 9.30. The van der Waals surface area contributed by atoms with E-state index in [-0.39, 0.29) is 10.8 Å². The van der Waals surface area contributed by atoms with Crippen molar-refractivity contribution in [1.29, 1.82) is 0 Å². The van der Waals surface area contributed by atoms with E-state index in [1.807, 2.05) is 0 Å². The molecule has 3 rings (SSSR count). The number of hydrogen-bond donors (Lipinski definition) is 2. The highest BCUT2D eigenvalue weighted by molar-refractivity contribution is 7.91. The normalized spacial score (nSPS) is 17.5. The molecule has 0 bridgehead atoms. The fourth-order valence-electron chi connectivity index (χ4n) is 3.68. The molecular weight excluding hydrogens is 456 g/mol. The van der Waals surface area contributed by atoms with Crippen LogP contribution in [-0.2, 0) is 19.4 Å². The number of aliphatic carboxylic acids is 1. The Morgan fingerprint density at radius 1 is 1.06 bits per heavy atom. The SMILES string of the molecule is CC(C)C1C(=O)NC(=O)N1CC(CS(=O)(=O)c1ccc(-c2ccc(Cl)cc2)cc1)C(=O)O. The third-order valence-corrected chi connectivity index (χ3v) is 7.39. The molecule has 32 heavy (non-hydrogen) atoms. The summed E-state index contributed by atoms with van der Waals surface area (Å²) in [4.78, 5) is 37.0. The summed E-state index contributed by atoms with van der Waals surface area (Å²) in [5.41, 5.74) is 1.63. The molecule has 1 heterocycles. The van der Waals surface area contributed by atoms with E-state index >= 15 is 0 Å². The van der Waals surface area contributed by atoms with Crippen molar-refractivity contribution >= 4 is 39.3 Å². The summed E-state index contributed by atoms with van der Waals surface area (Å²) >= 11 is 5.89. The first-order chi connectivity index (χ1) is 15.0. The molecule has 2 aromatic carbocycles. The van der Waals surface area contributed by atoms with Crippen LogP contribution in [0.4, 0.5) is 4.79 Å². The zero-order valence-electron chi connectivity index (χ0n) is 17.5. The molecule has 8 nitrogen and oxygen atoms in total. The molecular formula is C22H23ClN2O6S. The Hall–Kier alpha value is -2.91. The zero-order valence-corrected chi connectivity index (χ0v) is 19.1. The first-order valence-corrected chi connectivity index (χ1v) is 12.0. The number of sulfone groups is 1. The maximum Gasteiger partial charge on any atom is 0.324 e. The van der Waals surface area contributed by atoms with Gasteiger partial charge in [-0.3, -0.25) is 14.9 Å². The quantitative estimate of drug-likeness (QED) is 0.562. The number of rotatable bonds is 8. The molecule has 2 atom stereocenters. The average Bonchev–Trinajstić information content (AvgIpc) is 3.01. The predicted molar refractivity (Wildman–Crippen MR) is 119 cm³/mol. The Balaban J connectivity index is 1.79. The van der Waals surface area contributed by atoms with Gasteiger partial charge in [0.2, 0.25) is 0 Å². The Bertz CT molecular complexity index is 1130. The van der Waals surface area contributed by atoms with Gasteiger partial charge in [-0.1, -0.05) is 49.7 Å². The van der Waals surface area contributed by atoms with Crippen molar-refractivity contribution in [1.82, 2.24) is 10.2 Å². The molecule has 0 spiro atoms. The van der Waals surface area contributed by atoms with E-state index in [9.17, 15) is 27.9 Å². The molecule has 1 fully saturated rings. The van der Waals surface area contributed by atoms with E-state index in [1.54, 1.807) is 50.2 Å². The van der Waals surface area contributed by atoms with E-state index in [1.165, 1.54) is 12.1 Å². The lowest BCUT2D eigenvalue weighted by molar-refractivity contribution is -0.141. The van der Waals surface area contributed by atoms with E-state index in [0.29, 0.717) is 5.02 Å². The van der Waals surface area contributed by atoms with Crippen LogP contribution in [0.25, 0.3) is 11.1 Å². The van der Waals surface area contributed by atoms with Crippen molar-refractivity contribution in [3.63, 3.8) is 0 Å². The van der Waals surface area contributed by atoms with Crippen molar-refractivity contribution in [2.24, 2.45) is 11.8 Å². The number of halogens is 1. The van der Waals surface area contributed by atoms with Gasteiger partial charge in [0.1, 0.15) is 6.04 Å². The monoisotopic (exact) mass is 478 g/mol. The Labute approximate surface area is 191 Å². The lowest BCUT2D eigenvalue weighted by atomic mass is 10.0. The highest BCUT2D eigenvalue weighted by Gasteiger charge is 2.42. The van der Waals surface area contributed by atoms with Gasteiger partial charge in [-0.25, -0.2) is 13.2 Å². The topological polar surface area (TPSA) is 121 Å². The second-order valence-electron chi connectivity index (χ2n) is 7.98. The van der Waals surface area contributed by atoms with Crippen molar-refractivity contribution < 1.29 is 27.9 Å². The van der Waals surface area contributed by atoms with Gasteiger partial charge in [0.05, 0.1) is 16.6 Å². The third-order valence-electron chi connectivity index (χ3n) is 5.30. The molecule has 1 aliphatic heterocycles. The van der Waals surface area contributed by atoms with Gasteiger partial charge >= 0.3 is 12.0 Å². The van der Waals surface area contributed by atoms with Gasteiger partial charge in [0, 0.05) is 11.6 Å².